The number of rotatable bonds is 0. The Morgan fingerprint density at radius 1 is 0.800 bits per heavy atom. The molecule has 0 fully saturated rings. The average Bonchev–Trinajstić information content (AvgIpc) is 2.03. The second-order valence-electron chi connectivity index (χ2n) is 2.24. The Morgan fingerprint density at radius 3 is 1.60 bits per heavy atom. The molecule has 2 rings (SSSR count). The largest absolute Gasteiger partial charge is 0.504 e. The van der Waals surface area contributed by atoms with Crippen LogP contribution in [-0.4, -0.2) is 10.2 Å². The number of hydrogen-bond donors (Lipinski definition) is 2. The molecule has 0 aromatic heterocycles. The maximum atomic E-state index is 9.00. The van der Waals surface area contributed by atoms with E-state index in [1.807, 2.05) is 12.1 Å². The van der Waals surface area contributed by atoms with Crippen molar-refractivity contribution < 1.29 is 10.2 Å². The lowest BCUT2D eigenvalue weighted by Gasteiger charge is -2.17. The van der Waals surface area contributed by atoms with Crippen molar-refractivity contribution in [2.45, 2.75) is 0 Å². The predicted octanol–water partition coefficient (Wildman–Crippen LogP) is 1.94. The van der Waals surface area contributed by atoms with Gasteiger partial charge >= 0.3 is 0 Å². The molecule has 0 atom stereocenters. The highest BCUT2D eigenvalue weighted by Gasteiger charge is 2.23. The highest BCUT2D eigenvalue weighted by Crippen LogP contribution is 2.35. The Bertz CT molecular complexity index is 282. The van der Waals surface area contributed by atoms with E-state index in [0.29, 0.717) is 0 Å². The van der Waals surface area contributed by atoms with Gasteiger partial charge in [-0.25, -0.2) is 0 Å². The molecule has 0 heterocycles. The summed E-state index contributed by atoms with van der Waals surface area (Å²) < 4.78 is 0. The minimum Gasteiger partial charge on any atom is -0.504 e. The molecule has 0 radical (unpaired) electrons. The second-order valence-corrected chi connectivity index (χ2v) is 2.24. The molecule has 0 spiro atoms. The van der Waals surface area contributed by atoms with E-state index in [9.17, 15) is 0 Å². The highest BCUT2D eigenvalue weighted by molar-refractivity contribution is 5.96. The van der Waals surface area contributed by atoms with Gasteiger partial charge in [0.1, 0.15) is 0 Å². The van der Waals surface area contributed by atoms with Crippen molar-refractivity contribution in [3.8, 4) is 0 Å². The fourth-order valence-electron chi connectivity index (χ4n) is 1.09. The van der Waals surface area contributed by atoms with Crippen LogP contribution in [0.4, 0.5) is 0 Å². The smallest absolute Gasteiger partial charge is 0.166 e. The number of aliphatic hydroxyl groups excluding tert-OH is 2. The Kier molecular flexibility index (Phi) is 0.822. The van der Waals surface area contributed by atoms with E-state index in [4.69, 9.17) is 10.2 Å². The molecule has 1 aliphatic rings. The van der Waals surface area contributed by atoms with Gasteiger partial charge in [0.15, 0.2) is 11.5 Å². The molecular weight excluding hydrogens is 128 g/mol. The third kappa shape index (κ3) is 0.436. The molecule has 2 N–H and O–H groups in total. The van der Waals surface area contributed by atoms with Gasteiger partial charge in [0.25, 0.3) is 0 Å². The lowest BCUT2D eigenvalue weighted by Crippen LogP contribution is -2.04. The van der Waals surface area contributed by atoms with Crippen molar-refractivity contribution in [1.29, 1.82) is 0 Å². The van der Waals surface area contributed by atoms with Gasteiger partial charge in [-0.15, -0.1) is 0 Å². The van der Waals surface area contributed by atoms with E-state index >= 15 is 0 Å². The summed E-state index contributed by atoms with van der Waals surface area (Å²) >= 11 is 0. The summed E-state index contributed by atoms with van der Waals surface area (Å²) in [5.74, 6) is 0.0196. The van der Waals surface area contributed by atoms with E-state index in [1.165, 1.54) is 0 Å². The number of fused-ring (bicyclic) bond motifs is 1. The molecule has 0 saturated carbocycles. The van der Waals surface area contributed by atoms with Crippen molar-refractivity contribution in [1.82, 2.24) is 0 Å². The van der Waals surface area contributed by atoms with Crippen LogP contribution < -0.4 is 0 Å². The average molecular weight is 134 g/mol. The Labute approximate surface area is 58.1 Å². The van der Waals surface area contributed by atoms with Crippen molar-refractivity contribution in [3.63, 3.8) is 0 Å². The van der Waals surface area contributed by atoms with Gasteiger partial charge in [0.2, 0.25) is 0 Å². The Morgan fingerprint density at radius 2 is 1.20 bits per heavy atom. The SMILES string of the molecule is OC1=C(O)c2ccccc21. The molecule has 2 nitrogen and oxygen atoms in total. The van der Waals surface area contributed by atoms with Crippen molar-refractivity contribution in [2.24, 2.45) is 0 Å². The van der Waals surface area contributed by atoms with Gasteiger partial charge in [0.05, 0.1) is 0 Å². The summed E-state index contributed by atoms with van der Waals surface area (Å²) in [4.78, 5) is 0. The fourth-order valence-corrected chi connectivity index (χ4v) is 1.09. The zero-order valence-corrected chi connectivity index (χ0v) is 5.20. The Balaban J connectivity index is 2.62. The monoisotopic (exact) mass is 134 g/mol. The third-order valence-corrected chi connectivity index (χ3v) is 1.66. The molecule has 0 amide bonds. The normalized spacial score (nSPS) is 14.4. The molecule has 1 aromatic rings. The van der Waals surface area contributed by atoms with Gasteiger partial charge in [-0.1, -0.05) is 24.3 Å². The summed E-state index contributed by atoms with van der Waals surface area (Å²) in [7, 11) is 0. The van der Waals surface area contributed by atoms with Crippen LogP contribution in [0, 0.1) is 0 Å². The van der Waals surface area contributed by atoms with E-state index in [2.05, 4.69) is 0 Å². The third-order valence-electron chi connectivity index (χ3n) is 1.66. The van der Waals surface area contributed by atoms with E-state index in [-0.39, 0.29) is 11.5 Å². The molecule has 10 heavy (non-hydrogen) atoms. The molecule has 2 heteroatoms. The van der Waals surface area contributed by atoms with Crippen molar-refractivity contribution in [2.75, 3.05) is 0 Å². The first kappa shape index (κ1) is 5.35. The maximum absolute atomic E-state index is 9.00. The standard InChI is InChI=1S/C8H6O2/c9-7-5-3-1-2-4-6(5)8(7)10/h1-4,9-10H. The number of hydrogen-bond acceptors (Lipinski definition) is 2. The van der Waals surface area contributed by atoms with Crippen LogP contribution in [0.1, 0.15) is 11.1 Å². The second kappa shape index (κ2) is 1.53. The lowest BCUT2D eigenvalue weighted by atomic mass is 9.94. The van der Waals surface area contributed by atoms with Crippen LogP contribution in [0.25, 0.3) is 11.5 Å². The maximum Gasteiger partial charge on any atom is 0.166 e. The van der Waals surface area contributed by atoms with Gasteiger partial charge in [-0.2, -0.15) is 0 Å². The van der Waals surface area contributed by atoms with Crippen LogP contribution in [0.5, 0.6) is 0 Å². The summed E-state index contributed by atoms with van der Waals surface area (Å²) in [6.07, 6.45) is 0. The summed E-state index contributed by atoms with van der Waals surface area (Å²) in [6, 6.07) is 7.18. The zero-order chi connectivity index (χ0) is 7.14. The van der Waals surface area contributed by atoms with Gasteiger partial charge in [-0.05, 0) is 0 Å². The predicted molar refractivity (Wildman–Crippen MR) is 38.5 cm³/mol. The summed E-state index contributed by atoms with van der Waals surface area (Å²) in [5, 5.41) is 18.0. The molecule has 50 valence electrons. The van der Waals surface area contributed by atoms with Crippen LogP contribution >= 0.6 is 0 Å². The Hall–Kier alpha value is -1.44. The zero-order valence-electron chi connectivity index (χ0n) is 5.20. The minimum atomic E-state index is 0.00981. The molecule has 1 aromatic carbocycles. The van der Waals surface area contributed by atoms with Crippen molar-refractivity contribution in [3.05, 3.63) is 35.4 Å². The van der Waals surface area contributed by atoms with Gasteiger partial charge < -0.3 is 10.2 Å². The molecule has 0 unspecified atom stereocenters. The molecular formula is C8H6O2. The quantitative estimate of drug-likeness (QED) is 0.569. The van der Waals surface area contributed by atoms with Gasteiger partial charge in [0, 0.05) is 11.1 Å². The van der Waals surface area contributed by atoms with Crippen molar-refractivity contribution >= 4 is 11.5 Å². The van der Waals surface area contributed by atoms with Crippen LogP contribution in [0.15, 0.2) is 24.3 Å². The van der Waals surface area contributed by atoms with Gasteiger partial charge in [-0.3, -0.25) is 0 Å². The molecule has 0 bridgehead atoms. The van der Waals surface area contributed by atoms with E-state index in [0.717, 1.165) is 11.1 Å². The first-order chi connectivity index (χ1) is 4.80. The van der Waals surface area contributed by atoms with E-state index < -0.39 is 0 Å². The van der Waals surface area contributed by atoms with Crippen LogP contribution in [0.2, 0.25) is 0 Å². The molecule has 1 aliphatic carbocycles. The molecule has 0 saturated heterocycles. The summed E-state index contributed by atoms with van der Waals surface area (Å²) in [5.41, 5.74) is 1.47. The number of aliphatic hydroxyl groups is 2. The summed E-state index contributed by atoms with van der Waals surface area (Å²) in [6.45, 7) is 0. The highest BCUT2D eigenvalue weighted by atomic mass is 16.3. The topological polar surface area (TPSA) is 40.5 Å². The molecule has 0 aliphatic heterocycles. The van der Waals surface area contributed by atoms with Crippen LogP contribution in [-0.2, 0) is 0 Å². The fraction of sp³-hybridized carbons (Fsp3) is 0. The lowest BCUT2D eigenvalue weighted by molar-refractivity contribution is 0.446. The van der Waals surface area contributed by atoms with Crippen LogP contribution in [0.3, 0.4) is 0 Å². The first-order valence-electron chi connectivity index (χ1n) is 3.02. The first-order valence-corrected chi connectivity index (χ1v) is 3.02. The minimum absolute atomic E-state index is 0.00981. The van der Waals surface area contributed by atoms with E-state index in [1.54, 1.807) is 12.1 Å². The number of benzene rings is 1.